The molecule has 0 saturated carbocycles. The van der Waals surface area contributed by atoms with Crippen molar-refractivity contribution in [2.24, 2.45) is 0 Å². The van der Waals surface area contributed by atoms with Crippen LogP contribution in [0.1, 0.15) is 40.7 Å². The Labute approximate surface area is 234 Å². The van der Waals surface area contributed by atoms with Gasteiger partial charge in [0.1, 0.15) is 0 Å². The number of hydrogen-bond acceptors (Lipinski definition) is 6. The average Bonchev–Trinajstić information content (AvgIpc) is 2.88. The Morgan fingerprint density at radius 1 is 0.974 bits per heavy atom. The summed E-state index contributed by atoms with van der Waals surface area (Å²) in [6.45, 7) is 1.78. The number of sulfonamides is 1. The molecule has 0 heterocycles. The second-order valence-corrected chi connectivity index (χ2v) is 13.4. The maximum atomic E-state index is 12.9. The molecule has 0 bridgehead atoms. The number of carboxylic acids is 1. The van der Waals surface area contributed by atoms with Gasteiger partial charge in [-0.25, -0.2) is 13.1 Å². The van der Waals surface area contributed by atoms with Crippen LogP contribution in [0.15, 0.2) is 70.5 Å². The Balaban J connectivity index is 1.49. The van der Waals surface area contributed by atoms with Crippen molar-refractivity contribution in [2.45, 2.75) is 61.3 Å². The Bertz CT molecular complexity index is 1550. The van der Waals surface area contributed by atoms with Crippen LogP contribution in [0.5, 0.6) is 0 Å². The van der Waals surface area contributed by atoms with Gasteiger partial charge in [0.2, 0.25) is 10.0 Å². The van der Waals surface area contributed by atoms with Crippen molar-refractivity contribution in [1.82, 2.24) is 4.72 Å². The van der Waals surface area contributed by atoms with Gasteiger partial charge in [-0.05, 0) is 97.7 Å². The Morgan fingerprint density at radius 2 is 1.64 bits per heavy atom. The number of aryl methyl sites for hydroxylation is 1. The van der Waals surface area contributed by atoms with Crippen molar-refractivity contribution in [3.05, 3.63) is 93.5 Å². The maximum Gasteiger partial charge on any atom is 0.303 e. The van der Waals surface area contributed by atoms with E-state index in [2.05, 4.69) is 4.72 Å². The predicted octanol–water partition coefficient (Wildman–Crippen LogP) is 4.45. The van der Waals surface area contributed by atoms with Crippen LogP contribution < -0.4 is 4.72 Å². The molecule has 0 saturated heterocycles. The third kappa shape index (κ3) is 7.46. The highest BCUT2D eigenvalue weighted by atomic mass is 35.5. The van der Waals surface area contributed by atoms with E-state index in [9.17, 15) is 26.7 Å². The zero-order valence-corrected chi connectivity index (χ0v) is 23.8. The first-order valence-corrected chi connectivity index (χ1v) is 15.8. The van der Waals surface area contributed by atoms with Gasteiger partial charge in [0, 0.05) is 17.5 Å². The van der Waals surface area contributed by atoms with Crippen molar-refractivity contribution >= 4 is 37.7 Å². The zero-order valence-electron chi connectivity index (χ0n) is 21.4. The van der Waals surface area contributed by atoms with Crippen LogP contribution in [0.4, 0.5) is 0 Å². The minimum atomic E-state index is -3.92. The predicted molar refractivity (Wildman–Crippen MR) is 148 cm³/mol. The van der Waals surface area contributed by atoms with Gasteiger partial charge in [-0.3, -0.25) is 8.98 Å². The van der Waals surface area contributed by atoms with Crippen LogP contribution in [0.2, 0.25) is 5.02 Å². The van der Waals surface area contributed by atoms with Crippen LogP contribution in [-0.2, 0) is 54.8 Å². The summed E-state index contributed by atoms with van der Waals surface area (Å²) in [5.41, 5.74) is 4.57. The van der Waals surface area contributed by atoms with Gasteiger partial charge in [-0.2, -0.15) is 8.42 Å². The summed E-state index contributed by atoms with van der Waals surface area (Å²) in [6.07, 6.45) is 2.08. The Kier molecular flexibility index (Phi) is 9.13. The molecule has 1 aliphatic carbocycles. The third-order valence-electron chi connectivity index (χ3n) is 6.79. The quantitative estimate of drug-likeness (QED) is 0.315. The first-order valence-electron chi connectivity index (χ1n) is 12.5. The molecule has 0 aromatic heterocycles. The molecule has 39 heavy (non-hydrogen) atoms. The standard InChI is InChI=1S/C28H30ClNO7S2/c1-19-2-9-25(10-3-19)39(35,36)37-17-16-20-4-5-21-18-23(8-13-27(21)26(20)14-15-28(31)32)30-38(33,34)24-11-6-22(29)7-12-24/h2-7,9-12,23,30H,8,13-18H2,1H3,(H,31,32). The molecule has 4 rings (SSSR count). The molecular formula is C28H30ClNO7S2. The summed E-state index contributed by atoms with van der Waals surface area (Å²) in [5.74, 6) is -0.929. The van der Waals surface area contributed by atoms with E-state index in [1.807, 2.05) is 19.1 Å². The Hall–Kier alpha value is -2.76. The first-order chi connectivity index (χ1) is 18.4. The van der Waals surface area contributed by atoms with Gasteiger partial charge in [-0.15, -0.1) is 0 Å². The van der Waals surface area contributed by atoms with E-state index in [0.29, 0.717) is 37.1 Å². The molecule has 0 radical (unpaired) electrons. The summed E-state index contributed by atoms with van der Waals surface area (Å²) in [7, 11) is -7.65. The molecule has 0 fully saturated rings. The molecule has 0 amide bonds. The lowest BCUT2D eigenvalue weighted by atomic mass is 9.82. The fourth-order valence-corrected chi connectivity index (χ4v) is 7.10. The van der Waals surface area contributed by atoms with Crippen LogP contribution >= 0.6 is 11.6 Å². The molecule has 1 unspecified atom stereocenters. The summed E-state index contributed by atoms with van der Waals surface area (Å²) in [6, 6.07) is 15.8. The number of aliphatic carboxylic acids is 1. The monoisotopic (exact) mass is 591 g/mol. The molecule has 1 aliphatic rings. The van der Waals surface area contributed by atoms with E-state index in [-0.39, 0.29) is 28.9 Å². The van der Waals surface area contributed by atoms with Gasteiger partial charge in [0.25, 0.3) is 10.1 Å². The summed E-state index contributed by atoms with van der Waals surface area (Å²) >= 11 is 5.88. The SMILES string of the molecule is Cc1ccc(S(=O)(=O)OCCc2ccc3c(c2CCC(=O)O)CCC(NS(=O)(=O)c2ccc(Cl)cc2)C3)cc1. The minimum absolute atomic E-state index is 0.0708. The third-order valence-corrected chi connectivity index (χ3v) is 9.90. The number of hydrogen-bond donors (Lipinski definition) is 2. The van der Waals surface area contributed by atoms with Crippen molar-refractivity contribution < 1.29 is 30.9 Å². The van der Waals surface area contributed by atoms with Crippen molar-refractivity contribution in [3.63, 3.8) is 0 Å². The largest absolute Gasteiger partial charge is 0.481 e. The molecule has 0 spiro atoms. The second kappa shape index (κ2) is 12.2. The lowest BCUT2D eigenvalue weighted by Gasteiger charge is -2.28. The van der Waals surface area contributed by atoms with E-state index >= 15 is 0 Å². The molecule has 11 heteroatoms. The number of benzene rings is 3. The lowest BCUT2D eigenvalue weighted by Crippen LogP contribution is -2.39. The molecule has 208 valence electrons. The van der Waals surface area contributed by atoms with Gasteiger partial charge in [0.05, 0.1) is 16.4 Å². The van der Waals surface area contributed by atoms with Crippen molar-refractivity contribution in [2.75, 3.05) is 6.61 Å². The highest BCUT2D eigenvalue weighted by Crippen LogP contribution is 2.30. The molecule has 0 aliphatic heterocycles. The molecule has 2 N–H and O–H groups in total. The van der Waals surface area contributed by atoms with Gasteiger partial charge < -0.3 is 5.11 Å². The molecule has 3 aromatic rings. The summed E-state index contributed by atoms with van der Waals surface area (Å²) in [4.78, 5) is 11.6. The van der Waals surface area contributed by atoms with E-state index < -0.39 is 26.1 Å². The minimum Gasteiger partial charge on any atom is -0.481 e. The number of nitrogens with one attached hydrogen (secondary N) is 1. The van der Waals surface area contributed by atoms with E-state index in [1.165, 1.54) is 36.4 Å². The normalized spacial score (nSPS) is 15.6. The van der Waals surface area contributed by atoms with Gasteiger partial charge >= 0.3 is 5.97 Å². The van der Waals surface area contributed by atoms with Crippen LogP contribution in [0.25, 0.3) is 0 Å². The van der Waals surface area contributed by atoms with Crippen LogP contribution in [0, 0.1) is 6.92 Å². The molecule has 3 aromatic carbocycles. The summed E-state index contributed by atoms with van der Waals surface area (Å²) < 4.78 is 58.9. The second-order valence-electron chi connectivity index (χ2n) is 9.59. The highest BCUT2D eigenvalue weighted by molar-refractivity contribution is 7.89. The Morgan fingerprint density at radius 3 is 2.31 bits per heavy atom. The van der Waals surface area contributed by atoms with Crippen LogP contribution in [0.3, 0.4) is 0 Å². The first kappa shape index (κ1) is 29.2. The van der Waals surface area contributed by atoms with Gasteiger partial charge in [0.15, 0.2) is 0 Å². The number of halogens is 1. The smallest absolute Gasteiger partial charge is 0.303 e. The van der Waals surface area contributed by atoms with Crippen molar-refractivity contribution in [1.29, 1.82) is 0 Å². The fraction of sp³-hybridized carbons (Fsp3) is 0.321. The van der Waals surface area contributed by atoms with E-state index in [4.69, 9.17) is 15.8 Å². The highest BCUT2D eigenvalue weighted by Gasteiger charge is 2.27. The number of carbonyl (C=O) groups is 1. The van der Waals surface area contributed by atoms with E-state index in [1.54, 1.807) is 12.1 Å². The van der Waals surface area contributed by atoms with Gasteiger partial charge in [-0.1, -0.05) is 41.4 Å². The molecule has 1 atom stereocenters. The number of carboxylic acid groups (broad SMARTS) is 1. The van der Waals surface area contributed by atoms with Crippen molar-refractivity contribution in [3.8, 4) is 0 Å². The summed E-state index contributed by atoms with van der Waals surface area (Å²) in [5, 5.41) is 9.75. The number of rotatable bonds is 11. The molecular weight excluding hydrogens is 562 g/mol. The average molecular weight is 592 g/mol. The zero-order chi connectivity index (χ0) is 28.2. The van der Waals surface area contributed by atoms with Crippen LogP contribution in [-0.4, -0.2) is 40.6 Å². The fourth-order valence-electron chi connectivity index (χ4n) is 4.79. The topological polar surface area (TPSA) is 127 Å². The maximum absolute atomic E-state index is 12.9. The lowest BCUT2D eigenvalue weighted by molar-refractivity contribution is -0.136. The van der Waals surface area contributed by atoms with E-state index in [0.717, 1.165) is 27.8 Å². The number of fused-ring (bicyclic) bond motifs is 1. The molecule has 8 nitrogen and oxygen atoms in total.